The van der Waals surface area contributed by atoms with E-state index in [9.17, 15) is 19.5 Å². The van der Waals surface area contributed by atoms with Gasteiger partial charge in [0.05, 0.1) is 30.6 Å². The normalized spacial score (nSPS) is 33.6. The molecule has 0 aliphatic carbocycles. The van der Waals surface area contributed by atoms with E-state index in [1.54, 1.807) is 16.8 Å². The van der Waals surface area contributed by atoms with Gasteiger partial charge in [0.1, 0.15) is 11.6 Å². The molecule has 4 aliphatic heterocycles. The Kier molecular flexibility index (Phi) is 6.70. The number of hydrogen-bond acceptors (Lipinski definition) is 5. The molecule has 1 spiro atoms. The maximum absolute atomic E-state index is 14.5. The van der Waals surface area contributed by atoms with E-state index >= 15 is 0 Å². The summed E-state index contributed by atoms with van der Waals surface area (Å²) in [5, 5.41) is 10.4. The molecule has 1 N–H and O–H groups in total. The van der Waals surface area contributed by atoms with Crippen LogP contribution in [0.5, 0.6) is 0 Å². The summed E-state index contributed by atoms with van der Waals surface area (Å²) in [7, 11) is 1.73. The third-order valence-corrected chi connectivity index (χ3v) is 8.31. The molecule has 2 fully saturated rings. The van der Waals surface area contributed by atoms with Crippen molar-refractivity contribution in [2.24, 2.45) is 23.2 Å². The van der Waals surface area contributed by atoms with Gasteiger partial charge in [-0.2, -0.15) is 0 Å². The Morgan fingerprint density at radius 3 is 2.31 bits per heavy atom. The smallest absolute Gasteiger partial charge is 0.249 e. The van der Waals surface area contributed by atoms with Crippen LogP contribution in [0.3, 0.4) is 0 Å². The second-order valence-electron chi connectivity index (χ2n) is 13.1. The van der Waals surface area contributed by atoms with Crippen LogP contribution in [0.15, 0.2) is 24.3 Å². The summed E-state index contributed by atoms with van der Waals surface area (Å²) in [5.41, 5.74) is -1.77. The fourth-order valence-electron chi connectivity index (χ4n) is 7.12. The summed E-state index contributed by atoms with van der Waals surface area (Å²) in [6.45, 7) is 15.0. The van der Waals surface area contributed by atoms with Crippen molar-refractivity contribution in [1.82, 2.24) is 14.7 Å². The largest absolute Gasteiger partial charge is 0.394 e. The Hall–Kier alpha value is -2.19. The molecule has 6 atom stereocenters. The third-order valence-electron chi connectivity index (χ3n) is 8.31. The lowest BCUT2D eigenvalue weighted by molar-refractivity contribution is -0.156. The Morgan fingerprint density at radius 2 is 1.72 bits per heavy atom. The van der Waals surface area contributed by atoms with Gasteiger partial charge < -0.3 is 24.5 Å². The van der Waals surface area contributed by atoms with Crippen molar-refractivity contribution < 1.29 is 24.2 Å². The molecule has 3 amide bonds. The SMILES string of the molecule is CC(C)[C@H](CO)N1C(=O)[C@@H]2[C@@H]3C(=O)N(C)CC=C[C@@H]3O[C@@]23C=CCN(C(C)(C)CC(C)(C)C)C(=O)C13. The predicted molar refractivity (Wildman–Crippen MR) is 137 cm³/mol. The number of likely N-dealkylation sites (tertiary alicyclic amines) is 1. The zero-order valence-corrected chi connectivity index (χ0v) is 23.0. The van der Waals surface area contributed by atoms with Crippen molar-refractivity contribution in [1.29, 1.82) is 0 Å². The monoisotopic (exact) mass is 501 g/mol. The Labute approximate surface area is 215 Å². The molecule has 8 heteroatoms. The van der Waals surface area contributed by atoms with E-state index in [2.05, 4.69) is 34.6 Å². The Balaban J connectivity index is 1.87. The summed E-state index contributed by atoms with van der Waals surface area (Å²) >= 11 is 0. The van der Waals surface area contributed by atoms with Crippen LogP contribution >= 0.6 is 0 Å². The standard InChI is InChI=1S/C28H43N3O5/c1-17(2)18(15-32)31-22-25(35)30(27(6,7)16-26(3,4)5)14-10-12-28(22)21(24(31)34)20-19(36-28)11-9-13-29(8)23(20)33/h9-12,17-22,32H,13-16H2,1-8H3/t18-,19-,20+,21-,22?,28-/m0/s1. The van der Waals surface area contributed by atoms with E-state index in [0.29, 0.717) is 13.1 Å². The molecule has 2 saturated heterocycles. The first-order chi connectivity index (χ1) is 16.7. The van der Waals surface area contributed by atoms with Gasteiger partial charge in [0.2, 0.25) is 17.7 Å². The highest BCUT2D eigenvalue weighted by Crippen LogP contribution is 2.54. The maximum Gasteiger partial charge on any atom is 0.249 e. The highest BCUT2D eigenvalue weighted by atomic mass is 16.5. The molecule has 4 rings (SSSR count). The summed E-state index contributed by atoms with van der Waals surface area (Å²) in [4.78, 5) is 47.3. The molecule has 8 nitrogen and oxygen atoms in total. The highest BCUT2D eigenvalue weighted by Gasteiger charge is 2.73. The van der Waals surface area contributed by atoms with Crippen molar-refractivity contribution in [2.45, 2.75) is 84.2 Å². The van der Waals surface area contributed by atoms with Gasteiger partial charge in [0.25, 0.3) is 0 Å². The Morgan fingerprint density at radius 1 is 1.06 bits per heavy atom. The predicted octanol–water partition coefficient (Wildman–Crippen LogP) is 2.23. The first kappa shape index (κ1) is 26.9. The number of ether oxygens (including phenoxy) is 1. The number of amides is 3. The van der Waals surface area contributed by atoms with E-state index in [1.807, 2.05) is 43.1 Å². The molecule has 0 aromatic rings. The van der Waals surface area contributed by atoms with Crippen LogP contribution in [-0.4, -0.2) is 93.6 Å². The lowest BCUT2D eigenvalue weighted by Crippen LogP contribution is -2.62. The fraction of sp³-hybridized carbons (Fsp3) is 0.750. The maximum atomic E-state index is 14.5. The summed E-state index contributed by atoms with van der Waals surface area (Å²) < 4.78 is 6.65. The Bertz CT molecular complexity index is 980. The molecule has 0 radical (unpaired) electrons. The third kappa shape index (κ3) is 4.10. The zero-order chi connectivity index (χ0) is 26.8. The van der Waals surface area contributed by atoms with Crippen molar-refractivity contribution in [3.8, 4) is 0 Å². The lowest BCUT2D eigenvalue weighted by atomic mass is 9.77. The lowest BCUT2D eigenvalue weighted by Gasteiger charge is -2.45. The number of fused-ring (bicyclic) bond motifs is 2. The molecule has 0 aromatic heterocycles. The number of hydrogen-bond donors (Lipinski definition) is 1. The van der Waals surface area contributed by atoms with Gasteiger partial charge in [-0.05, 0) is 31.6 Å². The van der Waals surface area contributed by atoms with Crippen LogP contribution in [0.1, 0.15) is 54.9 Å². The minimum Gasteiger partial charge on any atom is -0.394 e. The van der Waals surface area contributed by atoms with Crippen LogP contribution in [0.2, 0.25) is 0 Å². The molecular formula is C28H43N3O5. The van der Waals surface area contributed by atoms with Crippen LogP contribution in [-0.2, 0) is 19.1 Å². The summed E-state index contributed by atoms with van der Waals surface area (Å²) in [6, 6.07) is -1.52. The van der Waals surface area contributed by atoms with E-state index in [4.69, 9.17) is 4.74 Å². The number of nitrogens with zero attached hydrogens (tertiary/aromatic N) is 3. The number of likely N-dealkylation sites (N-methyl/N-ethyl adjacent to an activating group) is 1. The molecule has 4 heterocycles. The van der Waals surface area contributed by atoms with E-state index in [0.717, 1.165) is 6.42 Å². The van der Waals surface area contributed by atoms with Gasteiger partial charge in [-0.3, -0.25) is 14.4 Å². The van der Waals surface area contributed by atoms with Gasteiger partial charge in [-0.15, -0.1) is 0 Å². The molecule has 36 heavy (non-hydrogen) atoms. The fourth-order valence-corrected chi connectivity index (χ4v) is 7.12. The summed E-state index contributed by atoms with van der Waals surface area (Å²) in [5.74, 6) is -2.26. The average Bonchev–Trinajstić information content (AvgIpc) is 3.06. The number of aliphatic hydroxyl groups excluding tert-OH is 1. The van der Waals surface area contributed by atoms with Crippen LogP contribution in [0, 0.1) is 23.2 Å². The van der Waals surface area contributed by atoms with E-state index < -0.39 is 41.2 Å². The molecule has 4 aliphatic rings. The van der Waals surface area contributed by atoms with Crippen molar-refractivity contribution in [3.63, 3.8) is 0 Å². The van der Waals surface area contributed by atoms with Gasteiger partial charge in [0, 0.05) is 25.7 Å². The minimum atomic E-state index is -1.27. The molecule has 0 bridgehead atoms. The van der Waals surface area contributed by atoms with Gasteiger partial charge in [0.15, 0.2) is 0 Å². The number of aliphatic hydroxyl groups is 1. The second-order valence-corrected chi connectivity index (χ2v) is 13.1. The first-order valence-corrected chi connectivity index (χ1v) is 13.2. The molecule has 0 saturated carbocycles. The highest BCUT2D eigenvalue weighted by molar-refractivity contribution is 6.00. The molecule has 200 valence electrons. The first-order valence-electron chi connectivity index (χ1n) is 13.2. The number of carbonyl (C=O) groups excluding carboxylic acids is 3. The molecule has 0 aromatic carbocycles. The minimum absolute atomic E-state index is 0.0182. The molecule has 1 unspecified atom stereocenters. The van der Waals surface area contributed by atoms with Crippen LogP contribution in [0.25, 0.3) is 0 Å². The quantitative estimate of drug-likeness (QED) is 0.584. The van der Waals surface area contributed by atoms with Crippen molar-refractivity contribution in [3.05, 3.63) is 24.3 Å². The van der Waals surface area contributed by atoms with Crippen molar-refractivity contribution >= 4 is 17.7 Å². The number of rotatable bonds is 5. The summed E-state index contributed by atoms with van der Waals surface area (Å²) in [6.07, 6.45) is 7.74. The number of carbonyl (C=O) groups is 3. The van der Waals surface area contributed by atoms with Gasteiger partial charge in [-0.1, -0.05) is 58.9 Å². The van der Waals surface area contributed by atoms with Gasteiger partial charge >= 0.3 is 0 Å². The van der Waals surface area contributed by atoms with Crippen molar-refractivity contribution in [2.75, 3.05) is 26.7 Å². The van der Waals surface area contributed by atoms with E-state index in [-0.39, 0.29) is 35.7 Å². The van der Waals surface area contributed by atoms with Crippen LogP contribution in [0.4, 0.5) is 0 Å². The second kappa shape index (κ2) is 8.98. The van der Waals surface area contributed by atoms with Gasteiger partial charge in [-0.25, -0.2) is 0 Å². The van der Waals surface area contributed by atoms with E-state index in [1.165, 1.54) is 0 Å². The molecular weight excluding hydrogens is 458 g/mol. The average molecular weight is 502 g/mol. The van der Waals surface area contributed by atoms with Crippen LogP contribution < -0.4 is 0 Å². The topological polar surface area (TPSA) is 90.4 Å². The zero-order valence-electron chi connectivity index (χ0n) is 23.0.